The molecular weight excluding hydrogens is 280 g/mol. The van der Waals surface area contributed by atoms with Crippen LogP contribution < -0.4 is 11.2 Å². The molecule has 0 amide bonds. The molecule has 0 fully saturated rings. The van der Waals surface area contributed by atoms with Crippen LogP contribution in [0.25, 0.3) is 0 Å². The maximum absolute atomic E-state index is 12.2. The van der Waals surface area contributed by atoms with Crippen molar-refractivity contribution >= 4 is 17.4 Å². The zero-order valence-corrected chi connectivity index (χ0v) is 11.8. The van der Waals surface area contributed by atoms with Gasteiger partial charge in [0.1, 0.15) is 5.02 Å². The van der Waals surface area contributed by atoms with Gasteiger partial charge in [-0.3, -0.25) is 19.1 Å². The first-order valence-electron chi connectivity index (χ1n) is 5.98. The third-order valence-corrected chi connectivity index (χ3v) is 3.23. The number of nitrogens with zero attached hydrogens (tertiary/aromatic N) is 1. The summed E-state index contributed by atoms with van der Waals surface area (Å²) in [5.74, 6) is -0.215. The van der Waals surface area contributed by atoms with Crippen LogP contribution in [0.2, 0.25) is 5.02 Å². The van der Waals surface area contributed by atoms with E-state index < -0.39 is 11.2 Å². The molecule has 20 heavy (non-hydrogen) atoms. The number of benzene rings is 1. The Bertz CT molecular complexity index is 790. The summed E-state index contributed by atoms with van der Waals surface area (Å²) in [6, 6.07) is 5.46. The summed E-state index contributed by atoms with van der Waals surface area (Å²) < 4.78 is 1.09. The van der Waals surface area contributed by atoms with E-state index in [0.717, 1.165) is 15.7 Å². The fourth-order valence-electron chi connectivity index (χ4n) is 1.97. The number of carbonyl (C=O) groups excluding carboxylic acids is 1. The molecule has 0 aliphatic rings. The Kier molecular flexibility index (Phi) is 3.90. The van der Waals surface area contributed by atoms with E-state index in [4.69, 9.17) is 11.6 Å². The molecule has 0 spiro atoms. The van der Waals surface area contributed by atoms with Crippen molar-refractivity contribution < 1.29 is 4.79 Å². The van der Waals surface area contributed by atoms with Gasteiger partial charge in [0.25, 0.3) is 5.56 Å². The number of hydrogen-bond donors (Lipinski definition) is 1. The number of rotatable bonds is 3. The normalized spacial score (nSPS) is 10.6. The van der Waals surface area contributed by atoms with Crippen LogP contribution in [-0.4, -0.2) is 15.3 Å². The van der Waals surface area contributed by atoms with E-state index in [-0.39, 0.29) is 17.4 Å². The molecule has 0 bridgehead atoms. The Morgan fingerprint density at radius 2 is 2.00 bits per heavy atom. The topological polar surface area (TPSA) is 71.9 Å². The van der Waals surface area contributed by atoms with Crippen LogP contribution in [0.4, 0.5) is 0 Å². The van der Waals surface area contributed by atoms with Crippen molar-refractivity contribution in [2.75, 3.05) is 0 Å². The van der Waals surface area contributed by atoms with Crippen molar-refractivity contribution in [1.82, 2.24) is 9.55 Å². The second kappa shape index (κ2) is 5.46. The maximum Gasteiger partial charge on any atom is 0.328 e. The quantitative estimate of drug-likeness (QED) is 0.875. The van der Waals surface area contributed by atoms with E-state index in [1.165, 1.54) is 6.20 Å². The fraction of sp³-hybridized carbons (Fsp3) is 0.214. The first kappa shape index (κ1) is 14.3. The van der Waals surface area contributed by atoms with Gasteiger partial charge in [-0.1, -0.05) is 35.4 Å². The number of hydrogen-bond acceptors (Lipinski definition) is 3. The number of aromatic amines is 1. The highest BCUT2D eigenvalue weighted by molar-refractivity contribution is 6.30. The lowest BCUT2D eigenvalue weighted by Crippen LogP contribution is -2.31. The average molecular weight is 293 g/mol. The Hall–Kier alpha value is -2.14. The van der Waals surface area contributed by atoms with Crippen LogP contribution in [0, 0.1) is 13.8 Å². The first-order chi connectivity index (χ1) is 9.38. The van der Waals surface area contributed by atoms with Crippen molar-refractivity contribution in [1.29, 1.82) is 0 Å². The predicted octanol–water partition coefficient (Wildman–Crippen LogP) is 1.69. The molecule has 0 saturated carbocycles. The van der Waals surface area contributed by atoms with Gasteiger partial charge in [0, 0.05) is 11.8 Å². The molecule has 6 heteroatoms. The Balaban J connectivity index is 2.35. The molecule has 1 heterocycles. The minimum absolute atomic E-state index is 0.127. The number of halogens is 1. The third kappa shape index (κ3) is 2.88. The van der Waals surface area contributed by atoms with Gasteiger partial charge < -0.3 is 0 Å². The Morgan fingerprint density at radius 1 is 1.30 bits per heavy atom. The molecule has 0 saturated heterocycles. The van der Waals surface area contributed by atoms with Gasteiger partial charge in [0.2, 0.25) is 0 Å². The summed E-state index contributed by atoms with van der Waals surface area (Å²) >= 11 is 5.65. The molecule has 0 unspecified atom stereocenters. The van der Waals surface area contributed by atoms with E-state index in [9.17, 15) is 14.4 Å². The summed E-state index contributed by atoms with van der Waals surface area (Å²) in [5, 5.41) is -0.127. The van der Waals surface area contributed by atoms with E-state index in [2.05, 4.69) is 4.98 Å². The smallest absolute Gasteiger partial charge is 0.292 e. The molecule has 1 aromatic heterocycles. The molecule has 0 aliphatic carbocycles. The van der Waals surface area contributed by atoms with Gasteiger partial charge in [-0.15, -0.1) is 0 Å². The van der Waals surface area contributed by atoms with Crippen molar-refractivity contribution in [2.24, 2.45) is 0 Å². The molecule has 104 valence electrons. The molecule has 0 radical (unpaired) electrons. The van der Waals surface area contributed by atoms with Gasteiger partial charge in [-0.25, -0.2) is 4.79 Å². The summed E-state index contributed by atoms with van der Waals surface area (Å²) in [6.45, 7) is 3.61. The highest BCUT2D eigenvalue weighted by Gasteiger charge is 2.12. The van der Waals surface area contributed by atoms with Crippen LogP contribution in [0.5, 0.6) is 0 Å². The van der Waals surface area contributed by atoms with Gasteiger partial charge in [-0.2, -0.15) is 0 Å². The lowest BCUT2D eigenvalue weighted by molar-refractivity contribution is 0.0969. The second-order valence-corrected chi connectivity index (χ2v) is 5.01. The first-order valence-corrected chi connectivity index (χ1v) is 6.36. The number of Topliss-reactive ketones (excluding diaryl/α,β-unsaturated/α-hetero) is 1. The number of aryl methyl sites for hydroxylation is 2. The van der Waals surface area contributed by atoms with Crippen molar-refractivity contribution in [3.8, 4) is 0 Å². The minimum atomic E-state index is -0.660. The van der Waals surface area contributed by atoms with Crippen LogP contribution in [0.15, 0.2) is 34.0 Å². The Morgan fingerprint density at radius 3 is 2.65 bits per heavy atom. The molecule has 2 rings (SSSR count). The van der Waals surface area contributed by atoms with Crippen molar-refractivity contribution in [2.45, 2.75) is 20.4 Å². The molecule has 2 aromatic rings. The fourth-order valence-corrected chi connectivity index (χ4v) is 2.13. The highest BCUT2D eigenvalue weighted by atomic mass is 35.5. The van der Waals surface area contributed by atoms with Gasteiger partial charge in [0.15, 0.2) is 5.78 Å². The minimum Gasteiger partial charge on any atom is -0.292 e. The zero-order chi connectivity index (χ0) is 14.9. The summed E-state index contributed by atoms with van der Waals surface area (Å²) in [5.41, 5.74) is 1.14. The van der Waals surface area contributed by atoms with Gasteiger partial charge >= 0.3 is 5.69 Å². The third-order valence-electron chi connectivity index (χ3n) is 2.96. The second-order valence-electron chi connectivity index (χ2n) is 4.61. The zero-order valence-electron chi connectivity index (χ0n) is 11.1. The van der Waals surface area contributed by atoms with Crippen LogP contribution in [-0.2, 0) is 6.54 Å². The highest BCUT2D eigenvalue weighted by Crippen LogP contribution is 2.12. The summed E-state index contributed by atoms with van der Waals surface area (Å²) in [6.07, 6.45) is 1.17. The van der Waals surface area contributed by atoms with Gasteiger partial charge in [-0.05, 0) is 19.4 Å². The molecule has 5 nitrogen and oxygen atoms in total. The predicted molar refractivity (Wildman–Crippen MR) is 76.6 cm³/mol. The van der Waals surface area contributed by atoms with Crippen LogP contribution >= 0.6 is 11.6 Å². The lowest BCUT2D eigenvalue weighted by atomic mass is 10.0. The van der Waals surface area contributed by atoms with Crippen LogP contribution in [0.3, 0.4) is 0 Å². The lowest BCUT2D eigenvalue weighted by Gasteiger charge is -2.08. The van der Waals surface area contributed by atoms with E-state index in [1.807, 2.05) is 26.0 Å². The van der Waals surface area contributed by atoms with Gasteiger partial charge in [0.05, 0.1) is 6.54 Å². The number of nitrogens with one attached hydrogen (secondary N) is 1. The standard InChI is InChI=1S/C14H13ClN2O3/c1-8-3-4-10(9(2)5-8)12(18)7-17-6-11(15)13(19)16-14(17)20/h3-6H,7H2,1-2H3,(H,16,19,20). The SMILES string of the molecule is Cc1ccc(C(=O)Cn2cc(Cl)c(=O)[nH]c2=O)c(C)c1. The van der Waals surface area contributed by atoms with Crippen LogP contribution in [0.1, 0.15) is 21.5 Å². The monoisotopic (exact) mass is 292 g/mol. The summed E-state index contributed by atoms with van der Waals surface area (Å²) in [4.78, 5) is 37.0. The molecule has 0 aliphatic heterocycles. The molecule has 1 aromatic carbocycles. The molecule has 0 atom stereocenters. The van der Waals surface area contributed by atoms with Crippen molar-refractivity contribution in [3.05, 3.63) is 66.9 Å². The number of ketones is 1. The van der Waals surface area contributed by atoms with Crippen molar-refractivity contribution in [3.63, 3.8) is 0 Å². The average Bonchev–Trinajstić information content (AvgIpc) is 2.35. The number of H-pyrrole nitrogens is 1. The van der Waals surface area contributed by atoms with E-state index >= 15 is 0 Å². The number of aromatic nitrogens is 2. The molecule has 1 N–H and O–H groups in total. The van der Waals surface area contributed by atoms with E-state index in [1.54, 1.807) is 6.07 Å². The maximum atomic E-state index is 12.2. The summed E-state index contributed by atoms with van der Waals surface area (Å²) in [7, 11) is 0. The van der Waals surface area contributed by atoms with E-state index in [0.29, 0.717) is 5.56 Å². The molecular formula is C14H13ClN2O3. The largest absolute Gasteiger partial charge is 0.328 e. The Labute approximate surface area is 119 Å². The number of carbonyl (C=O) groups is 1.